The van der Waals surface area contributed by atoms with E-state index < -0.39 is 0 Å². The van der Waals surface area contributed by atoms with Gasteiger partial charge in [0, 0.05) is 11.6 Å². The molecule has 1 N–H and O–H groups in total. The van der Waals surface area contributed by atoms with Gasteiger partial charge in [-0.05, 0) is 19.1 Å². The number of nitrogens with one attached hydrogen (secondary N) is 1. The second-order valence-electron chi connectivity index (χ2n) is 3.10. The smallest absolute Gasteiger partial charge is 0.251 e. The molecule has 14 heavy (non-hydrogen) atoms. The molecule has 1 aromatic rings. The summed E-state index contributed by atoms with van der Waals surface area (Å²) in [5, 5.41) is 11.2. The molecule has 0 unspecified atom stereocenters. The number of hydrogen-bond acceptors (Lipinski definition) is 2. The van der Waals surface area contributed by atoms with Crippen LogP contribution >= 0.6 is 0 Å². The first-order chi connectivity index (χ1) is 6.74. The van der Waals surface area contributed by atoms with E-state index in [1.165, 1.54) is 0 Å². The summed E-state index contributed by atoms with van der Waals surface area (Å²) in [6, 6.07) is 10.9. The number of rotatable bonds is 3. The van der Waals surface area contributed by atoms with Crippen molar-refractivity contribution in [3.63, 3.8) is 0 Å². The number of hydrogen-bond donors (Lipinski definition) is 1. The van der Waals surface area contributed by atoms with Gasteiger partial charge in [0.15, 0.2) is 0 Å². The average Bonchev–Trinajstić information content (AvgIpc) is 2.19. The van der Waals surface area contributed by atoms with Crippen LogP contribution in [0.25, 0.3) is 0 Å². The van der Waals surface area contributed by atoms with Crippen molar-refractivity contribution in [1.82, 2.24) is 5.32 Å². The molecule has 0 aliphatic carbocycles. The largest absolute Gasteiger partial charge is 0.349 e. The van der Waals surface area contributed by atoms with Gasteiger partial charge in [-0.25, -0.2) is 0 Å². The Kier molecular flexibility index (Phi) is 3.69. The average molecular weight is 188 g/mol. The van der Waals surface area contributed by atoms with Gasteiger partial charge in [0.25, 0.3) is 5.91 Å². The normalized spacial score (nSPS) is 11.4. The molecule has 1 amide bonds. The van der Waals surface area contributed by atoms with E-state index in [1.807, 2.05) is 31.2 Å². The van der Waals surface area contributed by atoms with Gasteiger partial charge in [0.1, 0.15) is 0 Å². The van der Waals surface area contributed by atoms with Crippen LogP contribution in [0.15, 0.2) is 30.3 Å². The van der Waals surface area contributed by atoms with E-state index in [2.05, 4.69) is 5.32 Å². The van der Waals surface area contributed by atoms with Crippen molar-refractivity contribution in [2.75, 3.05) is 0 Å². The molecule has 1 aromatic carbocycles. The molecule has 0 saturated heterocycles. The summed E-state index contributed by atoms with van der Waals surface area (Å²) in [5.74, 6) is -0.131. The first kappa shape index (κ1) is 10.3. The topological polar surface area (TPSA) is 52.9 Å². The van der Waals surface area contributed by atoms with Crippen LogP contribution < -0.4 is 5.32 Å². The molecular formula is C11H12N2O. The highest BCUT2D eigenvalue weighted by molar-refractivity contribution is 5.94. The van der Waals surface area contributed by atoms with Crippen LogP contribution in [0.2, 0.25) is 0 Å². The standard InChI is InChI=1S/C11H12N2O/c1-9(7-8-12)13-11(14)10-5-3-2-4-6-10/h2-6,9H,7H2,1H3,(H,13,14)/t9-/m1/s1. The van der Waals surface area contributed by atoms with E-state index in [0.29, 0.717) is 12.0 Å². The highest BCUT2D eigenvalue weighted by atomic mass is 16.1. The molecule has 0 radical (unpaired) electrons. The number of benzene rings is 1. The molecule has 72 valence electrons. The molecule has 0 heterocycles. The molecule has 1 rings (SSSR count). The van der Waals surface area contributed by atoms with Crippen molar-refractivity contribution in [2.45, 2.75) is 19.4 Å². The van der Waals surface area contributed by atoms with E-state index in [0.717, 1.165) is 0 Å². The lowest BCUT2D eigenvalue weighted by Gasteiger charge is -2.09. The third-order valence-corrected chi connectivity index (χ3v) is 1.81. The van der Waals surface area contributed by atoms with Crippen molar-refractivity contribution in [2.24, 2.45) is 0 Å². The molecule has 0 aliphatic rings. The zero-order chi connectivity index (χ0) is 10.4. The quantitative estimate of drug-likeness (QED) is 0.785. The molecule has 0 spiro atoms. The molecule has 0 fully saturated rings. The zero-order valence-electron chi connectivity index (χ0n) is 8.03. The van der Waals surface area contributed by atoms with Gasteiger partial charge < -0.3 is 5.32 Å². The maximum absolute atomic E-state index is 11.5. The van der Waals surface area contributed by atoms with Gasteiger partial charge in [0.2, 0.25) is 0 Å². The predicted octanol–water partition coefficient (Wildman–Crippen LogP) is 1.72. The second-order valence-corrected chi connectivity index (χ2v) is 3.10. The third-order valence-electron chi connectivity index (χ3n) is 1.81. The lowest BCUT2D eigenvalue weighted by Crippen LogP contribution is -2.32. The highest BCUT2D eigenvalue weighted by Gasteiger charge is 2.07. The molecule has 0 bridgehead atoms. The van der Waals surface area contributed by atoms with Crippen molar-refractivity contribution in [3.05, 3.63) is 35.9 Å². The summed E-state index contributed by atoms with van der Waals surface area (Å²) in [7, 11) is 0. The van der Waals surface area contributed by atoms with Crippen molar-refractivity contribution in [1.29, 1.82) is 5.26 Å². The van der Waals surface area contributed by atoms with Crippen LogP contribution in [0.4, 0.5) is 0 Å². The number of carbonyl (C=O) groups is 1. The Morgan fingerprint density at radius 2 is 2.14 bits per heavy atom. The van der Waals surface area contributed by atoms with Gasteiger partial charge in [-0.3, -0.25) is 4.79 Å². The second kappa shape index (κ2) is 5.03. The highest BCUT2D eigenvalue weighted by Crippen LogP contribution is 1.99. The Balaban J connectivity index is 2.56. The number of carbonyl (C=O) groups excluding carboxylic acids is 1. The Labute approximate surface area is 83.4 Å². The zero-order valence-corrected chi connectivity index (χ0v) is 8.03. The Bertz CT molecular complexity index is 340. The first-order valence-electron chi connectivity index (χ1n) is 4.47. The minimum Gasteiger partial charge on any atom is -0.349 e. The summed E-state index contributed by atoms with van der Waals surface area (Å²) < 4.78 is 0. The maximum atomic E-state index is 11.5. The fraction of sp³-hybridized carbons (Fsp3) is 0.273. The number of amides is 1. The Morgan fingerprint density at radius 1 is 1.50 bits per heavy atom. The van der Waals surface area contributed by atoms with Crippen LogP contribution in [-0.2, 0) is 0 Å². The van der Waals surface area contributed by atoms with Crippen LogP contribution in [0.3, 0.4) is 0 Å². The van der Waals surface area contributed by atoms with E-state index in [4.69, 9.17) is 5.26 Å². The molecule has 0 aromatic heterocycles. The third kappa shape index (κ3) is 2.91. The van der Waals surface area contributed by atoms with Gasteiger partial charge in [-0.2, -0.15) is 5.26 Å². The van der Waals surface area contributed by atoms with E-state index in [9.17, 15) is 4.79 Å². The number of nitriles is 1. The minimum atomic E-state index is -0.131. The molecule has 3 heteroatoms. The van der Waals surface area contributed by atoms with E-state index in [1.54, 1.807) is 12.1 Å². The predicted molar refractivity (Wildman–Crippen MR) is 53.6 cm³/mol. The van der Waals surface area contributed by atoms with Crippen LogP contribution in [0.1, 0.15) is 23.7 Å². The summed E-state index contributed by atoms with van der Waals surface area (Å²) >= 11 is 0. The van der Waals surface area contributed by atoms with Crippen molar-refractivity contribution < 1.29 is 4.79 Å². The monoisotopic (exact) mass is 188 g/mol. The lowest BCUT2D eigenvalue weighted by atomic mass is 10.2. The molecule has 3 nitrogen and oxygen atoms in total. The fourth-order valence-corrected chi connectivity index (χ4v) is 1.08. The maximum Gasteiger partial charge on any atom is 0.251 e. The molecule has 0 saturated carbocycles. The summed E-state index contributed by atoms with van der Waals surface area (Å²) in [6.07, 6.45) is 0.332. The van der Waals surface area contributed by atoms with Crippen molar-refractivity contribution in [3.8, 4) is 6.07 Å². The van der Waals surface area contributed by atoms with Crippen LogP contribution in [0, 0.1) is 11.3 Å². The lowest BCUT2D eigenvalue weighted by molar-refractivity contribution is 0.0941. The minimum absolute atomic E-state index is 0.104. The molecular weight excluding hydrogens is 176 g/mol. The molecule has 0 aliphatic heterocycles. The van der Waals surface area contributed by atoms with Crippen molar-refractivity contribution >= 4 is 5.91 Å². The van der Waals surface area contributed by atoms with Gasteiger partial charge in [-0.15, -0.1) is 0 Å². The van der Waals surface area contributed by atoms with Gasteiger partial charge in [0.05, 0.1) is 12.5 Å². The molecule has 1 atom stereocenters. The summed E-state index contributed by atoms with van der Waals surface area (Å²) in [5.41, 5.74) is 0.622. The number of nitrogens with zero attached hydrogens (tertiary/aromatic N) is 1. The fourth-order valence-electron chi connectivity index (χ4n) is 1.08. The first-order valence-corrected chi connectivity index (χ1v) is 4.47. The van der Waals surface area contributed by atoms with Gasteiger partial charge in [-0.1, -0.05) is 18.2 Å². The summed E-state index contributed by atoms with van der Waals surface area (Å²) in [6.45, 7) is 1.81. The Morgan fingerprint density at radius 3 is 2.71 bits per heavy atom. The van der Waals surface area contributed by atoms with E-state index in [-0.39, 0.29) is 11.9 Å². The van der Waals surface area contributed by atoms with Crippen LogP contribution in [0.5, 0.6) is 0 Å². The van der Waals surface area contributed by atoms with E-state index >= 15 is 0 Å². The summed E-state index contributed by atoms with van der Waals surface area (Å²) in [4.78, 5) is 11.5. The SMILES string of the molecule is C[C@H](CC#N)NC(=O)c1ccccc1. The Hall–Kier alpha value is -1.82. The van der Waals surface area contributed by atoms with Crippen LogP contribution in [-0.4, -0.2) is 11.9 Å². The van der Waals surface area contributed by atoms with Gasteiger partial charge >= 0.3 is 0 Å².